The molecule has 1 heterocycles. The normalized spacial score (nSPS) is 16.9. The van der Waals surface area contributed by atoms with Crippen molar-refractivity contribution < 1.29 is 19.4 Å². The van der Waals surface area contributed by atoms with Gasteiger partial charge in [0.1, 0.15) is 0 Å². The van der Waals surface area contributed by atoms with Crippen molar-refractivity contribution in [3.8, 4) is 0 Å². The summed E-state index contributed by atoms with van der Waals surface area (Å²) in [7, 11) is 0. The Morgan fingerprint density at radius 2 is 1.93 bits per heavy atom. The van der Waals surface area contributed by atoms with E-state index in [1.165, 1.54) is 0 Å². The van der Waals surface area contributed by atoms with E-state index in [2.05, 4.69) is 17.2 Å². The van der Waals surface area contributed by atoms with E-state index in [0.29, 0.717) is 24.0 Å². The first-order chi connectivity index (χ1) is 12.6. The van der Waals surface area contributed by atoms with Gasteiger partial charge in [0.2, 0.25) is 5.91 Å². The average molecular weight is 383 g/mol. The topological polar surface area (TPSA) is 79.8 Å². The third kappa shape index (κ3) is 8.03. The zero-order valence-corrected chi connectivity index (χ0v) is 17.7. The van der Waals surface area contributed by atoms with E-state index < -0.39 is 11.0 Å². The molecule has 3 N–H and O–H groups in total. The summed E-state index contributed by atoms with van der Waals surface area (Å²) in [6.07, 6.45) is 4.57. The molecule has 1 amide bonds. The molecule has 0 bridgehead atoms. The molecule has 6 nitrogen and oxygen atoms in total. The minimum absolute atomic E-state index is 0.0323. The lowest BCUT2D eigenvalue weighted by Gasteiger charge is -2.30. The smallest absolute Gasteiger partial charge is 0.246 e. The quantitative estimate of drug-likeness (QED) is 0.378. The van der Waals surface area contributed by atoms with E-state index in [9.17, 15) is 9.90 Å². The van der Waals surface area contributed by atoms with Gasteiger partial charge >= 0.3 is 0 Å². The van der Waals surface area contributed by atoms with Gasteiger partial charge in [0, 0.05) is 24.7 Å². The summed E-state index contributed by atoms with van der Waals surface area (Å²) in [4.78, 5) is 12.8. The molecule has 0 aromatic heterocycles. The standard InChI is InChI=1S/C21H38N2O4/c1-7-10-27-18(13-16(2)20(3,4)15-24)23-19(25)21(5,6)22-14-17-8-11-26-12-9-17/h13,17,22,24H,2,7-12,14-15H2,1,3-6H3,(H,23,25)/b18-13-. The Hall–Kier alpha value is -1.37. The van der Waals surface area contributed by atoms with Crippen molar-refractivity contribution in [2.75, 3.05) is 33.0 Å². The molecule has 0 saturated carbocycles. The maximum absolute atomic E-state index is 12.8. The molecule has 0 atom stereocenters. The van der Waals surface area contributed by atoms with Gasteiger partial charge in [-0.05, 0) is 51.1 Å². The number of ether oxygens (including phenoxy) is 2. The summed E-state index contributed by atoms with van der Waals surface area (Å²) in [6.45, 7) is 16.4. The number of hydrogen-bond donors (Lipinski definition) is 3. The Morgan fingerprint density at radius 3 is 2.48 bits per heavy atom. The Morgan fingerprint density at radius 1 is 1.30 bits per heavy atom. The van der Waals surface area contributed by atoms with Crippen LogP contribution in [-0.2, 0) is 14.3 Å². The molecule has 1 rings (SSSR count). The van der Waals surface area contributed by atoms with Crippen molar-refractivity contribution in [3.05, 3.63) is 24.1 Å². The summed E-state index contributed by atoms with van der Waals surface area (Å²) in [5.41, 5.74) is -0.521. The first kappa shape index (κ1) is 23.7. The van der Waals surface area contributed by atoms with Gasteiger partial charge in [-0.2, -0.15) is 0 Å². The summed E-state index contributed by atoms with van der Waals surface area (Å²) < 4.78 is 11.1. The lowest BCUT2D eigenvalue weighted by molar-refractivity contribution is -0.126. The van der Waals surface area contributed by atoms with Gasteiger partial charge < -0.3 is 19.9 Å². The number of rotatable bonds is 11. The van der Waals surface area contributed by atoms with Crippen molar-refractivity contribution >= 4 is 5.91 Å². The van der Waals surface area contributed by atoms with Crippen LogP contribution in [0.1, 0.15) is 53.9 Å². The fraction of sp³-hybridized carbons (Fsp3) is 0.762. The molecule has 0 aromatic rings. The highest BCUT2D eigenvalue weighted by atomic mass is 16.5. The minimum atomic E-state index is -0.735. The van der Waals surface area contributed by atoms with Gasteiger partial charge in [0.05, 0.1) is 18.8 Å². The van der Waals surface area contributed by atoms with Crippen LogP contribution < -0.4 is 10.6 Å². The van der Waals surface area contributed by atoms with Gasteiger partial charge in [-0.15, -0.1) is 0 Å². The number of amides is 1. The van der Waals surface area contributed by atoms with Crippen LogP contribution in [0.2, 0.25) is 0 Å². The Balaban J connectivity index is 2.73. The van der Waals surface area contributed by atoms with E-state index in [-0.39, 0.29) is 12.5 Å². The Kier molecular flexibility index (Phi) is 9.50. The van der Waals surface area contributed by atoms with Gasteiger partial charge in [-0.1, -0.05) is 27.4 Å². The molecule has 0 aromatic carbocycles. The van der Waals surface area contributed by atoms with Crippen LogP contribution in [0.25, 0.3) is 0 Å². The van der Waals surface area contributed by atoms with Gasteiger partial charge in [0.25, 0.3) is 0 Å². The van der Waals surface area contributed by atoms with Crippen molar-refractivity contribution in [1.82, 2.24) is 10.6 Å². The summed E-state index contributed by atoms with van der Waals surface area (Å²) in [5, 5.41) is 15.8. The van der Waals surface area contributed by atoms with E-state index in [4.69, 9.17) is 9.47 Å². The van der Waals surface area contributed by atoms with Gasteiger partial charge in [-0.3, -0.25) is 10.1 Å². The SMILES string of the molecule is C=C(/C=C(/NC(=O)C(C)(C)NCC1CCOCC1)OCCC)C(C)(C)CO. The molecular weight excluding hydrogens is 344 g/mol. The maximum atomic E-state index is 12.8. The van der Waals surface area contributed by atoms with Crippen molar-refractivity contribution in [1.29, 1.82) is 0 Å². The second-order valence-corrected chi connectivity index (χ2v) is 8.44. The lowest BCUT2D eigenvalue weighted by Crippen LogP contribution is -2.54. The molecule has 1 aliphatic heterocycles. The summed E-state index contributed by atoms with van der Waals surface area (Å²) in [5.74, 6) is 0.739. The zero-order valence-electron chi connectivity index (χ0n) is 17.7. The van der Waals surface area contributed by atoms with Crippen LogP contribution >= 0.6 is 0 Å². The molecule has 27 heavy (non-hydrogen) atoms. The molecule has 0 spiro atoms. The third-order valence-corrected chi connectivity index (χ3v) is 5.01. The van der Waals surface area contributed by atoms with Crippen LogP contribution in [0.3, 0.4) is 0 Å². The summed E-state index contributed by atoms with van der Waals surface area (Å²) >= 11 is 0. The number of aliphatic hydroxyl groups excluding tert-OH is 1. The van der Waals surface area contributed by atoms with Crippen LogP contribution in [0.4, 0.5) is 0 Å². The Labute approximate surface area is 164 Å². The van der Waals surface area contributed by atoms with E-state index in [1.54, 1.807) is 6.08 Å². The van der Waals surface area contributed by atoms with Crippen LogP contribution in [0.15, 0.2) is 24.1 Å². The second-order valence-electron chi connectivity index (χ2n) is 8.44. The molecular formula is C21H38N2O4. The third-order valence-electron chi connectivity index (χ3n) is 5.01. The van der Waals surface area contributed by atoms with E-state index in [0.717, 1.165) is 39.0 Å². The fourth-order valence-corrected chi connectivity index (χ4v) is 2.48. The highest BCUT2D eigenvalue weighted by Gasteiger charge is 2.30. The first-order valence-corrected chi connectivity index (χ1v) is 9.91. The summed E-state index contributed by atoms with van der Waals surface area (Å²) in [6, 6.07) is 0. The largest absolute Gasteiger partial charge is 0.479 e. The molecule has 0 radical (unpaired) electrons. The Bertz CT molecular complexity index is 520. The van der Waals surface area contributed by atoms with Crippen molar-refractivity contribution in [2.24, 2.45) is 11.3 Å². The zero-order chi connectivity index (χ0) is 20.5. The van der Waals surface area contributed by atoms with Gasteiger partial charge in [0.15, 0.2) is 5.88 Å². The highest BCUT2D eigenvalue weighted by molar-refractivity contribution is 5.86. The van der Waals surface area contributed by atoms with Crippen molar-refractivity contribution in [3.63, 3.8) is 0 Å². The molecule has 156 valence electrons. The molecule has 6 heteroatoms. The molecule has 0 unspecified atom stereocenters. The number of allylic oxidation sites excluding steroid dienone is 1. The number of carbonyl (C=O) groups is 1. The highest BCUT2D eigenvalue weighted by Crippen LogP contribution is 2.25. The predicted octanol–water partition coefficient (Wildman–Crippen LogP) is 2.74. The molecule has 1 saturated heterocycles. The number of carbonyl (C=O) groups excluding carboxylic acids is 1. The van der Waals surface area contributed by atoms with E-state index >= 15 is 0 Å². The predicted molar refractivity (Wildman–Crippen MR) is 108 cm³/mol. The van der Waals surface area contributed by atoms with Crippen LogP contribution in [0, 0.1) is 11.3 Å². The second kappa shape index (κ2) is 10.8. The fourth-order valence-electron chi connectivity index (χ4n) is 2.48. The number of nitrogens with one attached hydrogen (secondary N) is 2. The van der Waals surface area contributed by atoms with E-state index in [1.807, 2.05) is 34.6 Å². The molecule has 0 aliphatic carbocycles. The van der Waals surface area contributed by atoms with Crippen LogP contribution in [-0.4, -0.2) is 49.5 Å². The van der Waals surface area contributed by atoms with Crippen molar-refractivity contribution in [2.45, 2.75) is 59.4 Å². The number of aliphatic hydroxyl groups is 1. The van der Waals surface area contributed by atoms with Crippen LogP contribution in [0.5, 0.6) is 0 Å². The van der Waals surface area contributed by atoms with Gasteiger partial charge in [-0.25, -0.2) is 0 Å². The monoisotopic (exact) mass is 382 g/mol. The minimum Gasteiger partial charge on any atom is -0.479 e. The maximum Gasteiger partial charge on any atom is 0.246 e. The molecule has 1 aliphatic rings. The lowest BCUT2D eigenvalue weighted by atomic mass is 9.86. The first-order valence-electron chi connectivity index (χ1n) is 9.91. The average Bonchev–Trinajstić information content (AvgIpc) is 2.65. The molecule has 1 fully saturated rings. The number of hydrogen-bond acceptors (Lipinski definition) is 5.